The van der Waals surface area contributed by atoms with E-state index in [-0.39, 0.29) is 11.4 Å². The van der Waals surface area contributed by atoms with Crippen molar-refractivity contribution in [2.24, 2.45) is 0 Å². The van der Waals surface area contributed by atoms with Crippen LogP contribution in [0.3, 0.4) is 0 Å². The Bertz CT molecular complexity index is 829. The van der Waals surface area contributed by atoms with Gasteiger partial charge >= 0.3 is 0 Å². The molecule has 0 amide bonds. The van der Waals surface area contributed by atoms with Gasteiger partial charge in [0.2, 0.25) is 0 Å². The Morgan fingerprint density at radius 2 is 1.67 bits per heavy atom. The van der Waals surface area contributed by atoms with E-state index in [1.807, 2.05) is 19.9 Å². The zero-order valence-electron chi connectivity index (χ0n) is 11.6. The van der Waals surface area contributed by atoms with E-state index in [1.54, 1.807) is 12.1 Å². The standard InChI is InChI=1S/C15H13FN4O/c1-9-7-10(2)18-15(17-9)20-14(21)8-13(19-20)11-3-5-12(16)6-4-11/h3-8,19H,1-2H3. The number of halogens is 1. The number of rotatable bonds is 2. The summed E-state index contributed by atoms with van der Waals surface area (Å²) in [5.41, 5.74) is 2.60. The van der Waals surface area contributed by atoms with Gasteiger partial charge in [0.15, 0.2) is 0 Å². The second kappa shape index (κ2) is 4.97. The molecule has 0 spiro atoms. The molecule has 0 atom stereocenters. The smallest absolute Gasteiger partial charge is 0.274 e. The van der Waals surface area contributed by atoms with Crippen molar-refractivity contribution in [2.45, 2.75) is 13.8 Å². The summed E-state index contributed by atoms with van der Waals surface area (Å²) in [6.07, 6.45) is 0. The van der Waals surface area contributed by atoms with Gasteiger partial charge in [0.1, 0.15) is 5.82 Å². The quantitative estimate of drug-likeness (QED) is 0.785. The van der Waals surface area contributed by atoms with Crippen LogP contribution >= 0.6 is 0 Å². The maximum atomic E-state index is 12.9. The molecule has 0 saturated heterocycles. The predicted octanol–water partition coefficient (Wildman–Crippen LogP) is 2.38. The van der Waals surface area contributed by atoms with Crippen LogP contribution < -0.4 is 5.56 Å². The largest absolute Gasteiger partial charge is 0.288 e. The van der Waals surface area contributed by atoms with Gasteiger partial charge in [-0.25, -0.2) is 14.4 Å². The summed E-state index contributed by atoms with van der Waals surface area (Å²) in [7, 11) is 0. The fraction of sp³-hybridized carbons (Fsp3) is 0.133. The summed E-state index contributed by atoms with van der Waals surface area (Å²) in [5, 5.41) is 2.94. The third-order valence-electron chi connectivity index (χ3n) is 3.05. The van der Waals surface area contributed by atoms with Crippen molar-refractivity contribution in [1.29, 1.82) is 0 Å². The number of aryl methyl sites for hydroxylation is 2. The van der Waals surface area contributed by atoms with E-state index in [4.69, 9.17) is 0 Å². The summed E-state index contributed by atoms with van der Waals surface area (Å²) in [6.45, 7) is 3.68. The second-order valence-electron chi connectivity index (χ2n) is 4.80. The van der Waals surface area contributed by atoms with Crippen LogP contribution in [-0.4, -0.2) is 19.7 Å². The lowest BCUT2D eigenvalue weighted by molar-refractivity contribution is 0.628. The van der Waals surface area contributed by atoms with Crippen LogP contribution in [0.2, 0.25) is 0 Å². The molecule has 0 aliphatic rings. The maximum Gasteiger partial charge on any atom is 0.274 e. The van der Waals surface area contributed by atoms with Gasteiger partial charge in [-0.1, -0.05) is 0 Å². The highest BCUT2D eigenvalue weighted by Crippen LogP contribution is 2.16. The first kappa shape index (κ1) is 13.2. The summed E-state index contributed by atoms with van der Waals surface area (Å²) >= 11 is 0. The minimum Gasteiger partial charge on any atom is -0.288 e. The Kier molecular flexibility index (Phi) is 3.13. The summed E-state index contributed by atoms with van der Waals surface area (Å²) in [5.74, 6) is -0.0240. The Morgan fingerprint density at radius 1 is 1.05 bits per heavy atom. The second-order valence-corrected chi connectivity index (χ2v) is 4.80. The molecule has 5 nitrogen and oxygen atoms in total. The monoisotopic (exact) mass is 284 g/mol. The van der Waals surface area contributed by atoms with Gasteiger partial charge in [-0.15, -0.1) is 0 Å². The van der Waals surface area contributed by atoms with E-state index in [1.165, 1.54) is 22.9 Å². The highest BCUT2D eigenvalue weighted by molar-refractivity contribution is 5.58. The first-order valence-electron chi connectivity index (χ1n) is 6.43. The Morgan fingerprint density at radius 3 is 2.29 bits per heavy atom. The number of hydrogen-bond acceptors (Lipinski definition) is 3. The Balaban J connectivity index is 2.09. The zero-order chi connectivity index (χ0) is 15.0. The minimum absolute atomic E-state index is 0.265. The van der Waals surface area contributed by atoms with E-state index in [2.05, 4.69) is 15.1 Å². The molecule has 6 heteroatoms. The number of aromatic amines is 1. The first-order chi connectivity index (χ1) is 10.0. The van der Waals surface area contributed by atoms with Crippen molar-refractivity contribution in [3.05, 3.63) is 64.0 Å². The maximum absolute atomic E-state index is 12.9. The molecule has 21 heavy (non-hydrogen) atoms. The van der Waals surface area contributed by atoms with Gasteiger partial charge in [-0.2, -0.15) is 4.68 Å². The van der Waals surface area contributed by atoms with Gasteiger partial charge < -0.3 is 0 Å². The molecule has 0 saturated carbocycles. The van der Waals surface area contributed by atoms with Crippen LogP contribution in [0.4, 0.5) is 4.39 Å². The fourth-order valence-electron chi connectivity index (χ4n) is 2.13. The summed E-state index contributed by atoms with van der Waals surface area (Å²) in [4.78, 5) is 20.6. The molecular formula is C15H13FN4O. The lowest BCUT2D eigenvalue weighted by atomic mass is 10.1. The number of hydrogen-bond donors (Lipinski definition) is 1. The molecule has 2 heterocycles. The molecule has 0 bridgehead atoms. The van der Waals surface area contributed by atoms with E-state index < -0.39 is 0 Å². The SMILES string of the molecule is Cc1cc(C)nc(-n2[nH]c(-c3ccc(F)cc3)cc2=O)n1. The third-order valence-corrected chi connectivity index (χ3v) is 3.05. The molecule has 3 aromatic rings. The van der Waals surface area contributed by atoms with Gasteiger partial charge in [0.25, 0.3) is 11.5 Å². The van der Waals surface area contributed by atoms with Crippen molar-refractivity contribution in [2.75, 3.05) is 0 Å². The first-order valence-corrected chi connectivity index (χ1v) is 6.43. The van der Waals surface area contributed by atoms with Gasteiger partial charge in [-0.3, -0.25) is 9.89 Å². The topological polar surface area (TPSA) is 63.6 Å². The van der Waals surface area contributed by atoms with E-state index in [9.17, 15) is 9.18 Å². The van der Waals surface area contributed by atoms with Gasteiger partial charge in [0, 0.05) is 17.5 Å². The number of nitrogens with one attached hydrogen (secondary N) is 1. The molecule has 3 rings (SSSR count). The minimum atomic E-state index is -0.321. The molecular weight excluding hydrogens is 271 g/mol. The Hall–Kier alpha value is -2.76. The van der Waals surface area contributed by atoms with Gasteiger partial charge in [-0.05, 0) is 49.7 Å². The normalized spacial score (nSPS) is 10.8. The predicted molar refractivity (Wildman–Crippen MR) is 76.8 cm³/mol. The third kappa shape index (κ3) is 2.60. The zero-order valence-corrected chi connectivity index (χ0v) is 11.6. The molecule has 0 unspecified atom stereocenters. The van der Waals surface area contributed by atoms with Crippen LogP contribution in [0.1, 0.15) is 11.4 Å². The molecule has 0 aliphatic carbocycles. The number of nitrogens with zero attached hydrogens (tertiary/aromatic N) is 3. The molecule has 1 N–H and O–H groups in total. The van der Waals surface area contributed by atoms with Crippen LogP contribution in [-0.2, 0) is 0 Å². The van der Waals surface area contributed by atoms with E-state index in [0.29, 0.717) is 11.6 Å². The van der Waals surface area contributed by atoms with Crippen molar-refractivity contribution in [3.8, 4) is 17.2 Å². The van der Waals surface area contributed by atoms with Crippen molar-refractivity contribution >= 4 is 0 Å². The van der Waals surface area contributed by atoms with Crippen LogP contribution in [0.15, 0.2) is 41.2 Å². The van der Waals surface area contributed by atoms with E-state index >= 15 is 0 Å². The van der Waals surface area contributed by atoms with Crippen molar-refractivity contribution in [1.82, 2.24) is 19.7 Å². The van der Waals surface area contributed by atoms with Crippen molar-refractivity contribution in [3.63, 3.8) is 0 Å². The summed E-state index contributed by atoms with van der Waals surface area (Å²) < 4.78 is 14.2. The molecule has 0 aliphatic heterocycles. The lowest BCUT2D eigenvalue weighted by Gasteiger charge is -2.03. The fourth-order valence-corrected chi connectivity index (χ4v) is 2.13. The molecule has 1 aromatic carbocycles. The molecule has 2 aromatic heterocycles. The highest BCUT2D eigenvalue weighted by Gasteiger charge is 2.10. The average molecular weight is 284 g/mol. The molecule has 106 valence electrons. The van der Waals surface area contributed by atoms with Crippen LogP contribution in [0.5, 0.6) is 0 Å². The number of H-pyrrole nitrogens is 1. The highest BCUT2D eigenvalue weighted by atomic mass is 19.1. The number of aromatic nitrogens is 4. The number of benzene rings is 1. The molecule has 0 fully saturated rings. The van der Waals surface area contributed by atoms with Gasteiger partial charge in [0.05, 0.1) is 5.69 Å². The summed E-state index contributed by atoms with van der Waals surface area (Å²) in [6, 6.07) is 9.17. The van der Waals surface area contributed by atoms with Crippen LogP contribution in [0, 0.1) is 19.7 Å². The Labute approximate surface area is 120 Å². The van der Waals surface area contributed by atoms with E-state index in [0.717, 1.165) is 17.0 Å². The average Bonchev–Trinajstić information content (AvgIpc) is 2.80. The van der Waals surface area contributed by atoms with Crippen LogP contribution in [0.25, 0.3) is 17.2 Å². The lowest BCUT2D eigenvalue weighted by Crippen LogP contribution is -2.17. The molecule has 0 radical (unpaired) electrons. The van der Waals surface area contributed by atoms with Crippen molar-refractivity contribution < 1.29 is 4.39 Å².